The van der Waals surface area contributed by atoms with Crippen LogP contribution in [-0.2, 0) is 0 Å². The first-order valence-corrected chi connectivity index (χ1v) is 7.01. The summed E-state index contributed by atoms with van der Waals surface area (Å²) in [4.78, 5) is 0. The number of hydrogen-bond donors (Lipinski definition) is 2. The fourth-order valence-corrected chi connectivity index (χ4v) is 3.29. The molecule has 1 fully saturated rings. The molecule has 0 bridgehead atoms. The van der Waals surface area contributed by atoms with Gasteiger partial charge in [0, 0.05) is 6.04 Å². The van der Waals surface area contributed by atoms with Crippen molar-refractivity contribution in [3.05, 3.63) is 33.9 Å². The Bertz CT molecular complexity index is 405. The van der Waals surface area contributed by atoms with E-state index in [-0.39, 0.29) is 0 Å². The molecule has 1 heterocycles. The van der Waals surface area contributed by atoms with Crippen LogP contribution >= 0.6 is 0 Å². The molecule has 2 unspecified atom stereocenters. The maximum atomic E-state index is 3.56. The fraction of sp³-hybridized carbons (Fsp3) is 0.625. The molecule has 0 spiro atoms. The Morgan fingerprint density at radius 2 is 1.78 bits per heavy atom. The molecule has 2 atom stereocenters. The van der Waals surface area contributed by atoms with E-state index in [0.717, 1.165) is 13.1 Å². The van der Waals surface area contributed by atoms with Gasteiger partial charge in [-0.1, -0.05) is 6.07 Å². The molecule has 2 heteroatoms. The van der Waals surface area contributed by atoms with Crippen LogP contribution in [0.3, 0.4) is 0 Å². The summed E-state index contributed by atoms with van der Waals surface area (Å²) >= 11 is 0. The van der Waals surface area contributed by atoms with E-state index < -0.39 is 0 Å². The molecule has 0 saturated carbocycles. The first-order chi connectivity index (χ1) is 8.56. The lowest BCUT2D eigenvalue weighted by molar-refractivity contribution is 0.407. The highest BCUT2D eigenvalue weighted by Crippen LogP contribution is 2.33. The zero-order valence-electron chi connectivity index (χ0n) is 12.4. The van der Waals surface area contributed by atoms with Crippen molar-refractivity contribution in [3.63, 3.8) is 0 Å². The van der Waals surface area contributed by atoms with Gasteiger partial charge in [-0.3, -0.25) is 0 Å². The molecule has 1 aliphatic heterocycles. The Hall–Kier alpha value is -0.860. The van der Waals surface area contributed by atoms with Gasteiger partial charge >= 0.3 is 0 Å². The first-order valence-electron chi connectivity index (χ1n) is 7.01. The summed E-state index contributed by atoms with van der Waals surface area (Å²) in [6, 6.07) is 2.80. The molecule has 0 amide bonds. The number of aryl methyl sites for hydroxylation is 2. The van der Waals surface area contributed by atoms with Crippen molar-refractivity contribution in [1.82, 2.24) is 10.6 Å². The quantitative estimate of drug-likeness (QED) is 0.857. The average Bonchev–Trinajstić information content (AvgIpc) is 2.85. The van der Waals surface area contributed by atoms with E-state index in [1.807, 2.05) is 0 Å². The van der Waals surface area contributed by atoms with Crippen LogP contribution in [0.15, 0.2) is 6.07 Å². The lowest BCUT2D eigenvalue weighted by Crippen LogP contribution is -2.28. The molecule has 0 radical (unpaired) electrons. The Kier molecular flexibility index (Phi) is 4.08. The molecule has 100 valence electrons. The van der Waals surface area contributed by atoms with Crippen LogP contribution in [0.4, 0.5) is 0 Å². The highest BCUT2D eigenvalue weighted by molar-refractivity contribution is 5.46. The van der Waals surface area contributed by atoms with Gasteiger partial charge in [0.15, 0.2) is 0 Å². The van der Waals surface area contributed by atoms with E-state index in [1.165, 1.54) is 34.2 Å². The van der Waals surface area contributed by atoms with Crippen LogP contribution in [0.25, 0.3) is 0 Å². The molecule has 1 aromatic rings. The Morgan fingerprint density at radius 3 is 2.22 bits per heavy atom. The van der Waals surface area contributed by atoms with Crippen molar-refractivity contribution < 1.29 is 0 Å². The van der Waals surface area contributed by atoms with Gasteiger partial charge in [0.05, 0.1) is 0 Å². The molecule has 1 aliphatic rings. The minimum atomic E-state index is 0.485. The van der Waals surface area contributed by atoms with Crippen LogP contribution in [0.1, 0.15) is 40.3 Å². The van der Waals surface area contributed by atoms with Crippen molar-refractivity contribution in [3.8, 4) is 0 Å². The Morgan fingerprint density at radius 1 is 1.17 bits per heavy atom. The molecule has 2 N–H and O–H groups in total. The van der Waals surface area contributed by atoms with Gasteiger partial charge in [0.2, 0.25) is 0 Å². The molecule has 2 rings (SSSR count). The molecule has 0 aliphatic carbocycles. The van der Waals surface area contributed by atoms with E-state index in [0.29, 0.717) is 12.0 Å². The summed E-state index contributed by atoms with van der Waals surface area (Å²) in [6.45, 7) is 11.3. The zero-order valence-corrected chi connectivity index (χ0v) is 12.4. The van der Waals surface area contributed by atoms with Gasteiger partial charge in [0.25, 0.3) is 0 Å². The molecule has 1 aromatic carbocycles. The number of hydrogen-bond acceptors (Lipinski definition) is 2. The van der Waals surface area contributed by atoms with E-state index in [1.54, 1.807) is 0 Å². The van der Waals surface area contributed by atoms with Gasteiger partial charge in [0.1, 0.15) is 0 Å². The van der Waals surface area contributed by atoms with Gasteiger partial charge in [-0.2, -0.15) is 0 Å². The topological polar surface area (TPSA) is 24.1 Å². The number of benzene rings is 1. The van der Waals surface area contributed by atoms with E-state index in [4.69, 9.17) is 0 Å². The van der Waals surface area contributed by atoms with Crippen LogP contribution in [0.2, 0.25) is 0 Å². The smallest absolute Gasteiger partial charge is 0.0364 e. The van der Waals surface area contributed by atoms with Crippen LogP contribution in [0, 0.1) is 33.6 Å². The minimum absolute atomic E-state index is 0.485. The average molecular weight is 246 g/mol. The van der Waals surface area contributed by atoms with Gasteiger partial charge < -0.3 is 10.6 Å². The monoisotopic (exact) mass is 246 g/mol. The molecule has 2 nitrogen and oxygen atoms in total. The lowest BCUT2D eigenvalue weighted by atomic mass is 9.84. The molecular weight excluding hydrogens is 220 g/mol. The normalized spacial score (nSPS) is 21.3. The van der Waals surface area contributed by atoms with Crippen LogP contribution in [0.5, 0.6) is 0 Å². The van der Waals surface area contributed by atoms with Gasteiger partial charge in [-0.05, 0) is 88.0 Å². The maximum Gasteiger partial charge on any atom is 0.0364 e. The van der Waals surface area contributed by atoms with Crippen molar-refractivity contribution in [1.29, 1.82) is 0 Å². The second-order valence-electron chi connectivity index (χ2n) is 5.69. The third-order valence-electron chi connectivity index (χ3n) is 4.62. The van der Waals surface area contributed by atoms with Crippen molar-refractivity contribution in [2.24, 2.45) is 5.92 Å². The van der Waals surface area contributed by atoms with Gasteiger partial charge in [-0.25, -0.2) is 0 Å². The standard InChI is InChI=1S/C16H26N2/c1-10-8-11(2)13(4)15(12(10)3)16(17-5)14-6-7-18-9-14/h8,14,16-18H,6-7,9H2,1-5H3. The highest BCUT2D eigenvalue weighted by atomic mass is 15.0. The molecular formula is C16H26N2. The van der Waals surface area contributed by atoms with Crippen molar-refractivity contribution in [2.75, 3.05) is 20.1 Å². The fourth-order valence-electron chi connectivity index (χ4n) is 3.29. The SMILES string of the molecule is CNC(c1c(C)c(C)cc(C)c1C)C1CCNC1. The highest BCUT2D eigenvalue weighted by Gasteiger charge is 2.27. The third kappa shape index (κ3) is 2.32. The molecule has 0 aromatic heterocycles. The Balaban J connectivity index is 2.47. The third-order valence-corrected chi connectivity index (χ3v) is 4.62. The number of rotatable bonds is 3. The van der Waals surface area contributed by atoms with Gasteiger partial charge in [-0.15, -0.1) is 0 Å². The lowest BCUT2D eigenvalue weighted by Gasteiger charge is -2.28. The summed E-state index contributed by atoms with van der Waals surface area (Å²) in [5, 5.41) is 7.04. The predicted octanol–water partition coefficient (Wildman–Crippen LogP) is 2.79. The molecule has 1 saturated heterocycles. The van der Waals surface area contributed by atoms with Crippen molar-refractivity contribution in [2.45, 2.75) is 40.2 Å². The summed E-state index contributed by atoms with van der Waals surface area (Å²) < 4.78 is 0. The van der Waals surface area contributed by atoms with Crippen LogP contribution < -0.4 is 10.6 Å². The summed E-state index contributed by atoms with van der Waals surface area (Å²) in [5.41, 5.74) is 7.29. The summed E-state index contributed by atoms with van der Waals surface area (Å²) in [7, 11) is 2.10. The first kappa shape index (κ1) is 13.6. The maximum absolute atomic E-state index is 3.56. The number of nitrogens with one attached hydrogen (secondary N) is 2. The minimum Gasteiger partial charge on any atom is -0.316 e. The summed E-state index contributed by atoms with van der Waals surface area (Å²) in [5.74, 6) is 0.716. The van der Waals surface area contributed by atoms with E-state index >= 15 is 0 Å². The largest absolute Gasteiger partial charge is 0.316 e. The Labute approximate surface area is 111 Å². The molecule has 18 heavy (non-hydrogen) atoms. The van der Waals surface area contributed by atoms with E-state index in [9.17, 15) is 0 Å². The zero-order chi connectivity index (χ0) is 13.3. The summed E-state index contributed by atoms with van der Waals surface area (Å²) in [6.07, 6.45) is 1.28. The second-order valence-corrected chi connectivity index (χ2v) is 5.69. The second kappa shape index (κ2) is 5.41. The van der Waals surface area contributed by atoms with Crippen molar-refractivity contribution >= 4 is 0 Å². The van der Waals surface area contributed by atoms with E-state index in [2.05, 4.69) is 51.4 Å². The van der Waals surface area contributed by atoms with Crippen LogP contribution in [-0.4, -0.2) is 20.1 Å². The predicted molar refractivity (Wildman–Crippen MR) is 78.2 cm³/mol.